The van der Waals surface area contributed by atoms with Crippen LogP contribution in [-0.4, -0.2) is 31.4 Å². The molecule has 0 atom stereocenters. The molecule has 0 spiro atoms. The van der Waals surface area contributed by atoms with E-state index in [-0.39, 0.29) is 5.75 Å². The first kappa shape index (κ1) is 19.4. The van der Waals surface area contributed by atoms with E-state index in [4.69, 9.17) is 14.2 Å². The number of rotatable bonds is 7. The summed E-state index contributed by atoms with van der Waals surface area (Å²) in [6.07, 6.45) is 8.10. The summed E-state index contributed by atoms with van der Waals surface area (Å²) in [6.45, 7) is 4.05. The van der Waals surface area contributed by atoms with E-state index < -0.39 is 0 Å². The third kappa shape index (κ3) is 4.79. The zero-order valence-electron chi connectivity index (χ0n) is 15.9. The van der Waals surface area contributed by atoms with Crippen molar-refractivity contribution in [2.45, 2.75) is 20.3 Å². The van der Waals surface area contributed by atoms with Gasteiger partial charge in [0.2, 0.25) is 5.88 Å². The predicted octanol–water partition coefficient (Wildman–Crippen LogP) is 4.49. The van der Waals surface area contributed by atoms with Gasteiger partial charge in [-0.25, -0.2) is 4.98 Å². The first-order valence-corrected chi connectivity index (χ1v) is 8.27. The van der Waals surface area contributed by atoms with Crippen LogP contribution in [0.1, 0.15) is 30.5 Å². The monoisotopic (exact) mass is 355 g/mol. The lowest BCUT2D eigenvalue weighted by atomic mass is 10.0. The van der Waals surface area contributed by atoms with Gasteiger partial charge in [0, 0.05) is 23.4 Å². The summed E-state index contributed by atoms with van der Waals surface area (Å²) in [6, 6.07) is 5.34. The molecule has 0 saturated heterocycles. The third-order valence-corrected chi connectivity index (χ3v) is 3.90. The number of methoxy groups -OCH3 is 3. The summed E-state index contributed by atoms with van der Waals surface area (Å²) in [4.78, 5) is 4.19. The maximum atomic E-state index is 10.4. The molecule has 5 nitrogen and oxygen atoms in total. The van der Waals surface area contributed by atoms with Crippen molar-refractivity contribution in [1.29, 1.82) is 0 Å². The Morgan fingerprint density at radius 3 is 2.35 bits per heavy atom. The normalized spacial score (nSPS) is 10.7. The molecule has 0 bridgehead atoms. The van der Waals surface area contributed by atoms with Gasteiger partial charge in [-0.3, -0.25) is 0 Å². The minimum Gasteiger partial charge on any atom is -0.507 e. The predicted molar refractivity (Wildman–Crippen MR) is 104 cm³/mol. The van der Waals surface area contributed by atoms with Gasteiger partial charge < -0.3 is 19.3 Å². The zero-order valence-corrected chi connectivity index (χ0v) is 15.9. The topological polar surface area (TPSA) is 60.8 Å². The second kappa shape index (κ2) is 8.94. The molecule has 2 aromatic rings. The molecule has 2 rings (SSSR count). The number of hydrogen-bond acceptors (Lipinski definition) is 5. The number of aromatic nitrogens is 1. The van der Waals surface area contributed by atoms with Gasteiger partial charge in [0.05, 0.1) is 21.3 Å². The van der Waals surface area contributed by atoms with Crippen LogP contribution >= 0.6 is 0 Å². The summed E-state index contributed by atoms with van der Waals surface area (Å²) in [5.41, 5.74) is 3.59. The summed E-state index contributed by atoms with van der Waals surface area (Å²) in [7, 11) is 4.76. The van der Waals surface area contributed by atoms with Crippen LogP contribution in [0, 0.1) is 0 Å². The van der Waals surface area contributed by atoms with Crippen LogP contribution in [0.2, 0.25) is 0 Å². The van der Waals surface area contributed by atoms with Crippen LogP contribution in [-0.2, 0) is 6.42 Å². The molecule has 1 aromatic heterocycles. The molecule has 0 aliphatic rings. The van der Waals surface area contributed by atoms with Crippen LogP contribution in [0.4, 0.5) is 0 Å². The second-order valence-corrected chi connectivity index (χ2v) is 6.01. The Morgan fingerprint density at radius 2 is 1.73 bits per heavy atom. The quantitative estimate of drug-likeness (QED) is 0.742. The number of nitrogens with zero attached hydrogens (tertiary/aromatic N) is 1. The lowest BCUT2D eigenvalue weighted by molar-refractivity contribution is 0.382. The van der Waals surface area contributed by atoms with Crippen molar-refractivity contribution in [3.05, 3.63) is 52.7 Å². The SMILES string of the molecule is COc1cc(OC)c(/C=C/c2cc(O)c(CC=C(C)C)c(OC)c2)cn1. The van der Waals surface area contributed by atoms with Crippen molar-refractivity contribution in [1.82, 2.24) is 4.98 Å². The molecule has 5 heteroatoms. The maximum absolute atomic E-state index is 10.4. The van der Waals surface area contributed by atoms with E-state index in [0.717, 1.165) is 16.7 Å². The third-order valence-electron chi connectivity index (χ3n) is 3.90. The van der Waals surface area contributed by atoms with Gasteiger partial charge in [-0.1, -0.05) is 17.7 Å². The highest BCUT2D eigenvalue weighted by Crippen LogP contribution is 2.32. The fraction of sp³-hybridized carbons (Fsp3) is 0.286. The van der Waals surface area contributed by atoms with Gasteiger partial charge in [0.1, 0.15) is 17.2 Å². The largest absolute Gasteiger partial charge is 0.507 e. The molecule has 0 aliphatic carbocycles. The standard InChI is InChI=1S/C21H25NO4/c1-14(2)6-9-17-18(23)10-15(11-20(17)25-4)7-8-16-13-22-21(26-5)12-19(16)24-3/h6-8,10-13,23H,9H2,1-5H3/b8-7+. The Labute approximate surface area is 154 Å². The van der Waals surface area contributed by atoms with Crippen molar-refractivity contribution >= 4 is 12.2 Å². The highest BCUT2D eigenvalue weighted by molar-refractivity contribution is 5.74. The van der Waals surface area contributed by atoms with Gasteiger partial charge in [-0.2, -0.15) is 0 Å². The summed E-state index contributed by atoms with van der Waals surface area (Å²) >= 11 is 0. The fourth-order valence-electron chi connectivity index (χ4n) is 2.47. The number of phenols is 1. The van der Waals surface area contributed by atoms with E-state index >= 15 is 0 Å². The number of pyridine rings is 1. The second-order valence-electron chi connectivity index (χ2n) is 6.01. The average molecular weight is 355 g/mol. The van der Waals surface area contributed by atoms with E-state index in [1.165, 1.54) is 5.57 Å². The Kier molecular flexibility index (Phi) is 6.67. The summed E-state index contributed by atoms with van der Waals surface area (Å²) < 4.78 is 15.9. The molecule has 0 aliphatic heterocycles. The highest BCUT2D eigenvalue weighted by atomic mass is 16.5. The van der Waals surface area contributed by atoms with Crippen LogP contribution in [0.3, 0.4) is 0 Å². The van der Waals surface area contributed by atoms with Crippen molar-refractivity contribution in [3.8, 4) is 23.1 Å². The zero-order chi connectivity index (χ0) is 19.1. The van der Waals surface area contributed by atoms with Crippen LogP contribution in [0.25, 0.3) is 12.2 Å². The lowest BCUT2D eigenvalue weighted by Gasteiger charge is -2.11. The molecule has 0 saturated carbocycles. The van der Waals surface area contributed by atoms with E-state index in [2.05, 4.69) is 11.1 Å². The number of ether oxygens (including phenoxy) is 3. The highest BCUT2D eigenvalue weighted by Gasteiger charge is 2.10. The molecule has 0 radical (unpaired) electrons. The lowest BCUT2D eigenvalue weighted by Crippen LogP contribution is -1.94. The molecular weight excluding hydrogens is 330 g/mol. The molecular formula is C21H25NO4. The Bertz CT molecular complexity index is 821. The van der Waals surface area contributed by atoms with Crippen molar-refractivity contribution in [2.75, 3.05) is 21.3 Å². The Hall–Kier alpha value is -2.95. The molecule has 1 N–H and O–H groups in total. The Balaban J connectivity index is 2.34. The van der Waals surface area contributed by atoms with Gasteiger partial charge in [0.15, 0.2) is 0 Å². The smallest absolute Gasteiger partial charge is 0.216 e. The summed E-state index contributed by atoms with van der Waals surface area (Å²) in [5.74, 6) is 2.01. The van der Waals surface area contributed by atoms with E-state index in [1.807, 2.05) is 32.1 Å². The maximum Gasteiger partial charge on any atom is 0.216 e. The van der Waals surface area contributed by atoms with Gasteiger partial charge in [-0.05, 0) is 44.0 Å². The van der Waals surface area contributed by atoms with Crippen LogP contribution < -0.4 is 14.2 Å². The first-order chi connectivity index (χ1) is 12.5. The molecule has 1 aromatic carbocycles. The van der Waals surface area contributed by atoms with E-state index in [1.54, 1.807) is 39.7 Å². The Morgan fingerprint density at radius 1 is 1.00 bits per heavy atom. The number of hydrogen-bond donors (Lipinski definition) is 1. The van der Waals surface area contributed by atoms with Crippen molar-refractivity contribution in [3.63, 3.8) is 0 Å². The minimum atomic E-state index is 0.210. The molecule has 0 unspecified atom stereocenters. The molecule has 1 heterocycles. The molecule has 26 heavy (non-hydrogen) atoms. The number of allylic oxidation sites excluding steroid dienone is 2. The number of phenolic OH excluding ortho intramolecular Hbond substituents is 1. The minimum absolute atomic E-state index is 0.210. The molecule has 138 valence electrons. The van der Waals surface area contributed by atoms with E-state index in [0.29, 0.717) is 23.8 Å². The van der Waals surface area contributed by atoms with Gasteiger partial charge >= 0.3 is 0 Å². The van der Waals surface area contributed by atoms with E-state index in [9.17, 15) is 5.11 Å². The first-order valence-electron chi connectivity index (χ1n) is 8.27. The van der Waals surface area contributed by atoms with Crippen molar-refractivity contribution < 1.29 is 19.3 Å². The number of benzene rings is 1. The van der Waals surface area contributed by atoms with Crippen molar-refractivity contribution in [2.24, 2.45) is 0 Å². The van der Waals surface area contributed by atoms with Gasteiger partial charge in [0.25, 0.3) is 0 Å². The fourth-order valence-corrected chi connectivity index (χ4v) is 2.47. The number of aromatic hydroxyl groups is 1. The summed E-state index contributed by atoms with van der Waals surface area (Å²) in [5, 5.41) is 10.4. The van der Waals surface area contributed by atoms with Crippen LogP contribution in [0.15, 0.2) is 36.0 Å². The molecule has 0 fully saturated rings. The average Bonchev–Trinajstić information content (AvgIpc) is 2.64. The van der Waals surface area contributed by atoms with Gasteiger partial charge in [-0.15, -0.1) is 0 Å². The molecule has 0 amide bonds. The van der Waals surface area contributed by atoms with Crippen LogP contribution in [0.5, 0.6) is 23.1 Å².